The maximum Gasteiger partial charge on any atom is 0.260 e. The Morgan fingerprint density at radius 3 is 2.62 bits per heavy atom. The number of hydrogen-bond acceptors (Lipinski definition) is 4. The summed E-state index contributed by atoms with van der Waals surface area (Å²) in [5, 5.41) is 4.97. The van der Waals surface area contributed by atoms with E-state index < -0.39 is 11.7 Å². The summed E-state index contributed by atoms with van der Waals surface area (Å²) >= 11 is 8.19. The SMILES string of the molecule is Cc1ccc(F)cc1C(=O)Nc1ccc(C(=O)N2Cc3ccc(CN(C)C)n3Cc3sccc32)c(Cl)c1. The van der Waals surface area contributed by atoms with Crippen molar-refractivity contribution in [2.24, 2.45) is 0 Å². The maximum absolute atomic E-state index is 13.8. The first-order valence-electron chi connectivity index (χ1n) is 11.8. The highest BCUT2D eigenvalue weighted by Gasteiger charge is 2.28. The van der Waals surface area contributed by atoms with Gasteiger partial charge in [0.15, 0.2) is 0 Å². The molecule has 37 heavy (non-hydrogen) atoms. The van der Waals surface area contributed by atoms with Crippen LogP contribution in [0, 0.1) is 12.7 Å². The first-order valence-corrected chi connectivity index (χ1v) is 13.0. The average Bonchev–Trinajstić information content (AvgIpc) is 3.42. The van der Waals surface area contributed by atoms with Crippen molar-refractivity contribution in [3.05, 3.63) is 104 Å². The first-order chi connectivity index (χ1) is 17.7. The molecule has 0 spiro atoms. The number of anilines is 2. The van der Waals surface area contributed by atoms with Gasteiger partial charge in [-0.15, -0.1) is 11.3 Å². The molecule has 2 amide bonds. The molecule has 190 valence electrons. The number of benzene rings is 2. The van der Waals surface area contributed by atoms with Gasteiger partial charge in [0.2, 0.25) is 0 Å². The minimum Gasteiger partial charge on any atom is -0.340 e. The summed E-state index contributed by atoms with van der Waals surface area (Å²) in [4.78, 5) is 31.5. The highest BCUT2D eigenvalue weighted by atomic mass is 35.5. The summed E-state index contributed by atoms with van der Waals surface area (Å²) in [6, 6.07) is 15.0. The van der Waals surface area contributed by atoms with Crippen LogP contribution in [0.15, 0.2) is 60.0 Å². The van der Waals surface area contributed by atoms with Crippen molar-refractivity contribution < 1.29 is 14.0 Å². The van der Waals surface area contributed by atoms with E-state index in [4.69, 9.17) is 11.6 Å². The van der Waals surface area contributed by atoms with E-state index in [1.54, 1.807) is 47.4 Å². The fraction of sp³-hybridized carbons (Fsp3) is 0.214. The molecule has 3 heterocycles. The third-order valence-electron chi connectivity index (χ3n) is 6.42. The van der Waals surface area contributed by atoms with Gasteiger partial charge in [-0.2, -0.15) is 0 Å². The van der Waals surface area contributed by atoms with Gasteiger partial charge < -0.3 is 19.7 Å². The number of rotatable bonds is 5. The molecular formula is C28H26ClFN4O2S. The molecule has 4 aromatic rings. The lowest BCUT2D eigenvalue weighted by atomic mass is 10.1. The van der Waals surface area contributed by atoms with Crippen molar-refractivity contribution in [1.29, 1.82) is 0 Å². The Balaban J connectivity index is 1.41. The van der Waals surface area contributed by atoms with Gasteiger partial charge in [-0.1, -0.05) is 17.7 Å². The predicted octanol–water partition coefficient (Wildman–Crippen LogP) is 6.17. The molecule has 0 saturated heterocycles. The Morgan fingerprint density at radius 1 is 1.05 bits per heavy atom. The third kappa shape index (κ3) is 5.05. The molecule has 0 aliphatic carbocycles. The molecular weight excluding hydrogens is 511 g/mol. The van der Waals surface area contributed by atoms with Gasteiger partial charge in [-0.25, -0.2) is 4.39 Å². The Morgan fingerprint density at radius 2 is 1.86 bits per heavy atom. The molecule has 2 aromatic heterocycles. The summed E-state index contributed by atoms with van der Waals surface area (Å²) in [6.45, 7) is 3.68. The molecule has 0 radical (unpaired) electrons. The molecule has 9 heteroatoms. The second-order valence-corrected chi connectivity index (χ2v) is 10.8. The number of carbonyl (C=O) groups excluding carboxylic acids is 2. The minimum atomic E-state index is -0.486. The zero-order valence-electron chi connectivity index (χ0n) is 20.7. The fourth-order valence-corrected chi connectivity index (χ4v) is 5.70. The van der Waals surface area contributed by atoms with E-state index in [0.29, 0.717) is 29.9 Å². The molecule has 0 bridgehead atoms. The van der Waals surface area contributed by atoms with Crippen molar-refractivity contribution in [3.8, 4) is 0 Å². The van der Waals surface area contributed by atoms with Crippen LogP contribution in [0.3, 0.4) is 0 Å². The second kappa shape index (κ2) is 10.1. The van der Waals surface area contributed by atoms with Gasteiger partial charge in [0.25, 0.3) is 11.8 Å². The van der Waals surface area contributed by atoms with Crippen LogP contribution in [-0.2, 0) is 19.6 Å². The number of aryl methyl sites for hydroxylation is 1. The lowest BCUT2D eigenvalue weighted by Crippen LogP contribution is -2.30. The van der Waals surface area contributed by atoms with Crippen molar-refractivity contribution in [3.63, 3.8) is 0 Å². The normalized spacial score (nSPS) is 12.8. The van der Waals surface area contributed by atoms with Crippen LogP contribution in [0.5, 0.6) is 0 Å². The molecule has 1 aliphatic rings. The van der Waals surface area contributed by atoms with Crippen molar-refractivity contribution >= 4 is 46.1 Å². The molecule has 2 aromatic carbocycles. The first kappa shape index (κ1) is 25.2. The number of nitrogens with one attached hydrogen (secondary N) is 1. The average molecular weight is 537 g/mol. The lowest BCUT2D eigenvalue weighted by Gasteiger charge is -2.22. The number of nitrogens with zero attached hydrogens (tertiary/aromatic N) is 3. The number of halogens is 2. The van der Waals surface area contributed by atoms with Crippen LogP contribution in [0.25, 0.3) is 0 Å². The van der Waals surface area contributed by atoms with Crippen LogP contribution < -0.4 is 10.2 Å². The molecule has 5 rings (SSSR count). The molecule has 1 N–H and O–H groups in total. The summed E-state index contributed by atoms with van der Waals surface area (Å²) in [6.07, 6.45) is 0. The monoisotopic (exact) mass is 536 g/mol. The summed E-state index contributed by atoms with van der Waals surface area (Å²) < 4.78 is 15.9. The van der Waals surface area contributed by atoms with Crippen LogP contribution in [0.1, 0.15) is 42.5 Å². The van der Waals surface area contributed by atoms with E-state index >= 15 is 0 Å². The summed E-state index contributed by atoms with van der Waals surface area (Å²) in [5.41, 5.74) is 4.78. The Kier molecular flexibility index (Phi) is 6.90. The summed E-state index contributed by atoms with van der Waals surface area (Å²) in [5.74, 6) is -1.15. The van der Waals surface area contributed by atoms with Crippen LogP contribution in [0.2, 0.25) is 5.02 Å². The zero-order chi connectivity index (χ0) is 26.3. The topological polar surface area (TPSA) is 57.6 Å². The number of fused-ring (bicyclic) bond motifs is 2. The van der Waals surface area contributed by atoms with E-state index in [9.17, 15) is 14.0 Å². The van der Waals surface area contributed by atoms with Gasteiger partial charge in [-0.05, 0) is 80.5 Å². The second-order valence-electron chi connectivity index (χ2n) is 9.37. The van der Waals surface area contributed by atoms with Crippen molar-refractivity contribution in [2.75, 3.05) is 24.3 Å². The Labute approximate surface area is 223 Å². The molecule has 0 saturated carbocycles. The van der Waals surface area contributed by atoms with E-state index in [2.05, 4.69) is 26.9 Å². The molecule has 0 atom stereocenters. The van der Waals surface area contributed by atoms with Gasteiger partial charge in [0, 0.05) is 34.1 Å². The standard InChI is InChI=1S/C28H26ClFN4O2S/c1-17-4-5-18(30)12-23(17)27(35)31-19-6-9-22(24(29)13-19)28(36)34-15-21-8-7-20(14-32(2)3)33(21)16-26-25(34)10-11-37-26/h4-13H,14-16H2,1-3H3,(H,31,35). The van der Waals surface area contributed by atoms with Gasteiger partial charge >= 0.3 is 0 Å². The van der Waals surface area contributed by atoms with Crippen LogP contribution in [0.4, 0.5) is 15.8 Å². The zero-order valence-corrected chi connectivity index (χ0v) is 22.3. The maximum atomic E-state index is 13.8. The quantitative estimate of drug-likeness (QED) is 0.332. The van der Waals surface area contributed by atoms with Gasteiger partial charge in [0.05, 0.1) is 29.4 Å². The number of amides is 2. The van der Waals surface area contributed by atoms with Crippen molar-refractivity contribution in [1.82, 2.24) is 9.47 Å². The molecule has 6 nitrogen and oxygen atoms in total. The van der Waals surface area contributed by atoms with Crippen molar-refractivity contribution in [2.45, 2.75) is 26.6 Å². The predicted molar refractivity (Wildman–Crippen MR) is 146 cm³/mol. The number of carbonyl (C=O) groups is 2. The molecule has 0 unspecified atom stereocenters. The van der Waals surface area contributed by atoms with Gasteiger partial charge in [-0.3, -0.25) is 9.59 Å². The summed E-state index contributed by atoms with van der Waals surface area (Å²) in [7, 11) is 4.08. The number of thiophene rings is 1. The fourth-order valence-electron chi connectivity index (χ4n) is 4.57. The molecule has 0 fully saturated rings. The lowest BCUT2D eigenvalue weighted by molar-refractivity contribution is 0.0984. The van der Waals surface area contributed by atoms with Crippen LogP contribution in [-0.4, -0.2) is 35.4 Å². The highest BCUT2D eigenvalue weighted by Crippen LogP contribution is 2.35. The van der Waals surface area contributed by atoms with E-state index in [0.717, 1.165) is 22.8 Å². The van der Waals surface area contributed by atoms with E-state index in [1.807, 2.05) is 25.5 Å². The van der Waals surface area contributed by atoms with Gasteiger partial charge in [0.1, 0.15) is 5.82 Å². The van der Waals surface area contributed by atoms with E-state index in [-0.39, 0.29) is 16.5 Å². The van der Waals surface area contributed by atoms with Crippen LogP contribution >= 0.6 is 22.9 Å². The highest BCUT2D eigenvalue weighted by molar-refractivity contribution is 7.10. The van der Waals surface area contributed by atoms with E-state index in [1.165, 1.54) is 17.8 Å². The number of hydrogen-bond donors (Lipinski definition) is 1. The third-order valence-corrected chi connectivity index (χ3v) is 7.63. The minimum absolute atomic E-state index is 0.215. The Bertz CT molecular complexity index is 1510. The molecule has 1 aliphatic heterocycles. The Hall–Kier alpha value is -3.46. The largest absolute Gasteiger partial charge is 0.340 e. The number of aromatic nitrogens is 1. The smallest absolute Gasteiger partial charge is 0.260 e.